The second-order valence-corrected chi connectivity index (χ2v) is 5.97. The summed E-state index contributed by atoms with van der Waals surface area (Å²) in [6.07, 6.45) is 2.97. The van der Waals surface area contributed by atoms with Crippen LogP contribution < -0.4 is 5.73 Å². The van der Waals surface area contributed by atoms with Gasteiger partial charge in [0, 0.05) is 32.8 Å². The molecule has 0 radical (unpaired) electrons. The van der Waals surface area contributed by atoms with Gasteiger partial charge in [-0.05, 0) is 38.5 Å². The lowest BCUT2D eigenvalue weighted by atomic mass is 9.78. The van der Waals surface area contributed by atoms with Crippen molar-refractivity contribution in [2.24, 2.45) is 17.1 Å². The van der Waals surface area contributed by atoms with E-state index < -0.39 is 5.41 Å². The molecule has 3 N–H and O–H groups in total. The Morgan fingerprint density at radius 1 is 1.42 bits per heavy atom. The minimum atomic E-state index is -0.407. The van der Waals surface area contributed by atoms with Crippen LogP contribution in [0, 0.1) is 11.3 Å². The van der Waals surface area contributed by atoms with E-state index in [1.165, 1.54) is 0 Å². The monoisotopic (exact) mass is 270 g/mol. The number of likely N-dealkylation sites (tertiary alicyclic amines) is 1. The summed E-state index contributed by atoms with van der Waals surface area (Å²) in [5.41, 5.74) is 5.47. The maximum absolute atomic E-state index is 12.7. The van der Waals surface area contributed by atoms with Crippen molar-refractivity contribution in [3.8, 4) is 0 Å². The van der Waals surface area contributed by atoms with Gasteiger partial charge >= 0.3 is 0 Å². The molecular formula is C14H26N2O3. The van der Waals surface area contributed by atoms with E-state index in [0.717, 1.165) is 38.8 Å². The first kappa shape index (κ1) is 14.8. The van der Waals surface area contributed by atoms with Gasteiger partial charge in [-0.15, -0.1) is 0 Å². The van der Waals surface area contributed by atoms with Gasteiger partial charge in [0.2, 0.25) is 5.91 Å². The van der Waals surface area contributed by atoms with Crippen molar-refractivity contribution < 1.29 is 14.6 Å². The average molecular weight is 270 g/mol. The minimum Gasteiger partial charge on any atom is -0.393 e. The third-order valence-corrected chi connectivity index (χ3v) is 4.80. The lowest BCUT2D eigenvalue weighted by Gasteiger charge is -2.41. The second-order valence-electron chi connectivity index (χ2n) is 5.97. The highest BCUT2D eigenvalue weighted by Gasteiger charge is 2.42. The van der Waals surface area contributed by atoms with E-state index >= 15 is 0 Å². The number of carbonyl (C=O) groups excluding carboxylic acids is 1. The number of piperidine rings is 1. The Balaban J connectivity index is 1.96. The Bertz CT molecular complexity index is 306. The Kier molecular flexibility index (Phi) is 4.81. The van der Waals surface area contributed by atoms with Crippen LogP contribution in [0.4, 0.5) is 0 Å². The lowest BCUT2D eigenvalue weighted by molar-refractivity contribution is -0.149. The maximum atomic E-state index is 12.7. The van der Waals surface area contributed by atoms with Crippen LogP contribution in [0.1, 0.15) is 32.6 Å². The second kappa shape index (κ2) is 6.20. The summed E-state index contributed by atoms with van der Waals surface area (Å²) in [5, 5.41) is 9.61. The number of amides is 1. The van der Waals surface area contributed by atoms with Gasteiger partial charge in [-0.2, -0.15) is 0 Å². The van der Waals surface area contributed by atoms with E-state index in [-0.39, 0.29) is 12.0 Å². The first-order chi connectivity index (χ1) is 9.09. The molecule has 1 atom stereocenters. The highest BCUT2D eigenvalue weighted by molar-refractivity contribution is 5.83. The van der Waals surface area contributed by atoms with Crippen LogP contribution in [-0.2, 0) is 9.53 Å². The van der Waals surface area contributed by atoms with Crippen LogP contribution in [0.5, 0.6) is 0 Å². The van der Waals surface area contributed by atoms with Gasteiger partial charge in [-0.25, -0.2) is 0 Å². The molecule has 0 saturated carbocycles. The molecule has 2 fully saturated rings. The third kappa shape index (κ3) is 3.09. The van der Waals surface area contributed by atoms with Crippen LogP contribution in [0.3, 0.4) is 0 Å². The van der Waals surface area contributed by atoms with E-state index in [9.17, 15) is 9.90 Å². The number of nitrogens with two attached hydrogens (primary N) is 1. The van der Waals surface area contributed by atoms with Gasteiger partial charge in [-0.1, -0.05) is 0 Å². The third-order valence-electron chi connectivity index (χ3n) is 4.80. The summed E-state index contributed by atoms with van der Waals surface area (Å²) in [7, 11) is 0. The number of hydrogen-bond donors (Lipinski definition) is 2. The highest BCUT2D eigenvalue weighted by Crippen LogP contribution is 2.33. The molecule has 2 saturated heterocycles. The van der Waals surface area contributed by atoms with Crippen molar-refractivity contribution in [3.05, 3.63) is 0 Å². The van der Waals surface area contributed by atoms with Crippen molar-refractivity contribution in [3.63, 3.8) is 0 Å². The molecule has 0 bridgehead atoms. The molecular weight excluding hydrogens is 244 g/mol. The van der Waals surface area contributed by atoms with Gasteiger partial charge in [0.15, 0.2) is 0 Å². The van der Waals surface area contributed by atoms with Crippen LogP contribution in [0.25, 0.3) is 0 Å². The summed E-state index contributed by atoms with van der Waals surface area (Å²) in [6, 6.07) is 0. The Morgan fingerprint density at radius 3 is 2.47 bits per heavy atom. The number of rotatable bonds is 3. The van der Waals surface area contributed by atoms with Crippen LogP contribution >= 0.6 is 0 Å². The van der Waals surface area contributed by atoms with Crippen molar-refractivity contribution >= 4 is 5.91 Å². The smallest absolute Gasteiger partial charge is 0.230 e. The molecule has 5 heteroatoms. The first-order valence-corrected chi connectivity index (χ1v) is 7.34. The summed E-state index contributed by atoms with van der Waals surface area (Å²) < 4.78 is 5.35. The molecule has 0 aromatic rings. The van der Waals surface area contributed by atoms with Gasteiger partial charge in [0.05, 0.1) is 11.5 Å². The molecule has 0 aromatic carbocycles. The molecule has 5 nitrogen and oxygen atoms in total. The van der Waals surface area contributed by atoms with Crippen molar-refractivity contribution in [2.75, 3.05) is 32.8 Å². The molecule has 110 valence electrons. The largest absolute Gasteiger partial charge is 0.393 e. The normalized spacial score (nSPS) is 26.2. The Morgan fingerprint density at radius 2 is 2.00 bits per heavy atom. The van der Waals surface area contributed by atoms with Crippen molar-refractivity contribution in [2.45, 2.75) is 38.7 Å². The molecule has 2 aliphatic rings. The molecule has 2 heterocycles. The fraction of sp³-hybridized carbons (Fsp3) is 0.929. The van der Waals surface area contributed by atoms with Crippen LogP contribution in [0.2, 0.25) is 0 Å². The predicted molar refractivity (Wildman–Crippen MR) is 72.5 cm³/mol. The quantitative estimate of drug-likeness (QED) is 0.776. The van der Waals surface area contributed by atoms with E-state index in [1.807, 2.05) is 11.8 Å². The molecule has 0 aromatic heterocycles. The summed E-state index contributed by atoms with van der Waals surface area (Å²) in [5.74, 6) is 0.523. The number of aliphatic hydroxyl groups is 1. The van der Waals surface area contributed by atoms with Gasteiger partial charge in [0.1, 0.15) is 0 Å². The number of nitrogens with zero attached hydrogens (tertiary/aromatic N) is 1. The average Bonchev–Trinajstić information content (AvgIpc) is 2.47. The number of aliphatic hydroxyl groups excluding tert-OH is 1. The zero-order valence-corrected chi connectivity index (χ0v) is 11.8. The van der Waals surface area contributed by atoms with E-state index in [2.05, 4.69) is 0 Å². The zero-order chi connectivity index (χ0) is 13.9. The molecule has 2 rings (SSSR count). The molecule has 0 spiro atoms. The lowest BCUT2D eigenvalue weighted by Crippen LogP contribution is -2.53. The summed E-state index contributed by atoms with van der Waals surface area (Å²) >= 11 is 0. The van der Waals surface area contributed by atoms with Gasteiger partial charge < -0.3 is 20.5 Å². The topological polar surface area (TPSA) is 75.8 Å². The molecule has 1 amide bonds. The Hall–Kier alpha value is -0.650. The zero-order valence-electron chi connectivity index (χ0n) is 11.8. The van der Waals surface area contributed by atoms with Crippen molar-refractivity contribution in [1.82, 2.24) is 4.90 Å². The summed E-state index contributed by atoms with van der Waals surface area (Å²) in [4.78, 5) is 14.7. The van der Waals surface area contributed by atoms with Crippen LogP contribution in [-0.4, -0.2) is 54.9 Å². The fourth-order valence-electron chi connectivity index (χ4n) is 3.19. The van der Waals surface area contributed by atoms with E-state index in [4.69, 9.17) is 10.5 Å². The standard InChI is InChI=1S/C14H26N2O3/c1-11(17)12-2-6-16(7-3-12)13(18)14(10-15)4-8-19-9-5-14/h11-12,17H,2-10,15H2,1H3. The first-order valence-electron chi connectivity index (χ1n) is 7.34. The number of hydrogen-bond acceptors (Lipinski definition) is 4. The fourth-order valence-corrected chi connectivity index (χ4v) is 3.19. The van der Waals surface area contributed by atoms with E-state index in [0.29, 0.717) is 25.7 Å². The predicted octanol–water partition coefficient (Wildman–Crippen LogP) is 0.361. The molecule has 1 unspecified atom stereocenters. The summed E-state index contributed by atoms with van der Waals surface area (Å²) in [6.45, 7) is 5.00. The molecule has 2 aliphatic heterocycles. The SMILES string of the molecule is CC(O)C1CCN(C(=O)C2(CN)CCOCC2)CC1. The highest BCUT2D eigenvalue weighted by atomic mass is 16.5. The van der Waals surface area contributed by atoms with Gasteiger partial charge in [-0.3, -0.25) is 4.79 Å². The van der Waals surface area contributed by atoms with Crippen LogP contribution in [0.15, 0.2) is 0 Å². The maximum Gasteiger partial charge on any atom is 0.230 e. The number of carbonyl (C=O) groups is 1. The Labute approximate surface area is 115 Å². The van der Waals surface area contributed by atoms with E-state index in [1.54, 1.807) is 0 Å². The minimum absolute atomic E-state index is 0.197. The number of ether oxygens (including phenoxy) is 1. The van der Waals surface area contributed by atoms with Crippen molar-refractivity contribution in [1.29, 1.82) is 0 Å². The molecule has 0 aliphatic carbocycles. The molecule has 19 heavy (non-hydrogen) atoms. The van der Waals surface area contributed by atoms with Gasteiger partial charge in [0.25, 0.3) is 0 Å².